The van der Waals surface area contributed by atoms with Crippen LogP contribution in [0.5, 0.6) is 0 Å². The molecule has 0 heterocycles. The molecule has 0 saturated heterocycles. The number of hydrogen-bond donors (Lipinski definition) is 0. The van der Waals surface area contributed by atoms with E-state index in [4.69, 9.17) is 0 Å². The molecule has 1 aliphatic carbocycles. The molecule has 1 saturated carbocycles. The summed E-state index contributed by atoms with van der Waals surface area (Å²) in [6.45, 7) is 0. The SMILES string of the molecule is CON(C)C(=O)C1CCC(F)(F)C1. The standard InChI is InChI=1S/C8H13F2NO2/c1-11(13-2)7(12)6-3-4-8(9,10)5-6/h6H,3-5H2,1-2H3. The van der Waals surface area contributed by atoms with Crippen LogP contribution in [0, 0.1) is 5.92 Å². The molecule has 0 N–H and O–H groups in total. The highest BCUT2D eigenvalue weighted by Crippen LogP contribution is 2.39. The second-order valence-electron chi connectivity index (χ2n) is 3.31. The zero-order valence-electron chi connectivity index (χ0n) is 7.72. The van der Waals surface area contributed by atoms with Gasteiger partial charge in [0, 0.05) is 25.8 Å². The van der Waals surface area contributed by atoms with Gasteiger partial charge in [0.1, 0.15) is 0 Å². The van der Waals surface area contributed by atoms with Crippen molar-refractivity contribution in [2.45, 2.75) is 25.2 Å². The van der Waals surface area contributed by atoms with Crippen molar-refractivity contribution in [2.24, 2.45) is 5.92 Å². The minimum Gasteiger partial charge on any atom is -0.275 e. The molecule has 3 nitrogen and oxygen atoms in total. The van der Waals surface area contributed by atoms with Crippen LogP contribution >= 0.6 is 0 Å². The summed E-state index contributed by atoms with van der Waals surface area (Å²) in [5, 5.41) is 1.01. The first-order valence-electron chi connectivity index (χ1n) is 4.16. The summed E-state index contributed by atoms with van der Waals surface area (Å²) in [5.74, 6) is -3.62. The second-order valence-corrected chi connectivity index (χ2v) is 3.31. The molecule has 5 heteroatoms. The van der Waals surface area contributed by atoms with E-state index in [0.717, 1.165) is 5.06 Å². The Balaban J connectivity index is 2.51. The first kappa shape index (κ1) is 10.4. The van der Waals surface area contributed by atoms with Gasteiger partial charge in [-0.2, -0.15) is 0 Å². The number of halogens is 2. The van der Waals surface area contributed by atoms with E-state index in [2.05, 4.69) is 4.84 Å². The normalized spacial score (nSPS) is 26.0. The third kappa shape index (κ3) is 2.37. The Morgan fingerprint density at radius 1 is 1.62 bits per heavy atom. The molecule has 13 heavy (non-hydrogen) atoms. The van der Waals surface area contributed by atoms with E-state index in [1.165, 1.54) is 14.2 Å². The molecule has 76 valence electrons. The lowest BCUT2D eigenvalue weighted by Gasteiger charge is -2.17. The highest BCUT2D eigenvalue weighted by molar-refractivity contribution is 5.78. The minimum atomic E-state index is -2.67. The Kier molecular flexibility index (Phi) is 2.85. The largest absolute Gasteiger partial charge is 0.275 e. The highest BCUT2D eigenvalue weighted by Gasteiger charge is 2.43. The van der Waals surface area contributed by atoms with Crippen LogP contribution in [0.25, 0.3) is 0 Å². The smallest absolute Gasteiger partial charge is 0.249 e. The van der Waals surface area contributed by atoms with Crippen LogP contribution in [-0.4, -0.2) is 31.1 Å². The van der Waals surface area contributed by atoms with Gasteiger partial charge in [-0.25, -0.2) is 13.8 Å². The number of carbonyl (C=O) groups is 1. The van der Waals surface area contributed by atoms with Gasteiger partial charge in [0.15, 0.2) is 0 Å². The Hall–Kier alpha value is -0.710. The minimum absolute atomic E-state index is 0.193. The van der Waals surface area contributed by atoms with E-state index in [9.17, 15) is 13.6 Å². The van der Waals surface area contributed by atoms with Crippen molar-refractivity contribution in [3.8, 4) is 0 Å². The maximum Gasteiger partial charge on any atom is 0.249 e. The van der Waals surface area contributed by atoms with E-state index in [1.54, 1.807) is 0 Å². The third-order valence-corrected chi connectivity index (χ3v) is 2.34. The van der Waals surface area contributed by atoms with Crippen LogP contribution in [0.4, 0.5) is 8.78 Å². The Labute approximate surface area is 75.6 Å². The number of amides is 1. The fourth-order valence-corrected chi connectivity index (χ4v) is 1.51. The molecule has 1 rings (SSSR count). The molecule has 1 fully saturated rings. The van der Waals surface area contributed by atoms with Crippen LogP contribution in [0.2, 0.25) is 0 Å². The molecule has 0 aromatic carbocycles. The molecule has 0 aromatic rings. The van der Waals surface area contributed by atoms with Gasteiger partial charge in [0.05, 0.1) is 7.11 Å². The second kappa shape index (κ2) is 3.57. The Bertz CT molecular complexity index is 208. The molecular formula is C8H13F2NO2. The molecule has 0 radical (unpaired) electrons. The maximum absolute atomic E-state index is 12.7. The van der Waals surface area contributed by atoms with Gasteiger partial charge >= 0.3 is 0 Å². The van der Waals surface area contributed by atoms with Gasteiger partial charge in [0.2, 0.25) is 11.8 Å². The van der Waals surface area contributed by atoms with E-state index >= 15 is 0 Å². The maximum atomic E-state index is 12.7. The summed E-state index contributed by atoms with van der Waals surface area (Å²) in [4.78, 5) is 16.0. The van der Waals surface area contributed by atoms with Crippen molar-refractivity contribution in [2.75, 3.05) is 14.2 Å². The number of alkyl halides is 2. The van der Waals surface area contributed by atoms with Crippen LogP contribution in [0.3, 0.4) is 0 Å². The lowest BCUT2D eigenvalue weighted by molar-refractivity contribution is -0.174. The van der Waals surface area contributed by atoms with E-state index < -0.39 is 11.8 Å². The molecule has 0 aliphatic heterocycles. The number of rotatable bonds is 2. The molecule has 0 spiro atoms. The third-order valence-electron chi connectivity index (χ3n) is 2.34. The van der Waals surface area contributed by atoms with Gasteiger partial charge in [-0.15, -0.1) is 0 Å². The van der Waals surface area contributed by atoms with E-state index in [1.807, 2.05) is 0 Å². The molecule has 1 amide bonds. The van der Waals surface area contributed by atoms with Crippen LogP contribution in [0.15, 0.2) is 0 Å². The fraction of sp³-hybridized carbons (Fsp3) is 0.875. The first-order valence-corrected chi connectivity index (χ1v) is 4.16. The van der Waals surface area contributed by atoms with Gasteiger partial charge < -0.3 is 0 Å². The predicted molar refractivity (Wildman–Crippen MR) is 42.1 cm³/mol. The monoisotopic (exact) mass is 193 g/mol. The summed E-state index contributed by atoms with van der Waals surface area (Å²) in [6.07, 6.45) is -0.292. The number of hydroxylamine groups is 2. The first-order chi connectivity index (χ1) is 5.96. The van der Waals surface area contributed by atoms with Crippen LogP contribution in [-0.2, 0) is 9.63 Å². The summed E-state index contributed by atoms with van der Waals surface area (Å²) >= 11 is 0. The average Bonchev–Trinajstić information content (AvgIpc) is 2.43. The van der Waals surface area contributed by atoms with Crippen molar-refractivity contribution >= 4 is 5.91 Å². The number of hydrogen-bond acceptors (Lipinski definition) is 2. The molecule has 0 bridgehead atoms. The molecule has 0 aromatic heterocycles. The van der Waals surface area contributed by atoms with E-state index in [-0.39, 0.29) is 25.2 Å². The fourth-order valence-electron chi connectivity index (χ4n) is 1.51. The summed E-state index contributed by atoms with van der Waals surface area (Å²) in [5.41, 5.74) is 0. The predicted octanol–water partition coefficient (Wildman–Crippen LogP) is 1.44. The van der Waals surface area contributed by atoms with Gasteiger partial charge in [0.25, 0.3) is 0 Å². The summed E-state index contributed by atoms with van der Waals surface area (Å²) in [7, 11) is 2.77. The summed E-state index contributed by atoms with van der Waals surface area (Å²) < 4.78 is 25.4. The van der Waals surface area contributed by atoms with Gasteiger partial charge in [-0.05, 0) is 6.42 Å². The quantitative estimate of drug-likeness (QED) is 0.621. The zero-order valence-corrected chi connectivity index (χ0v) is 7.72. The van der Waals surface area contributed by atoms with Crippen molar-refractivity contribution in [1.82, 2.24) is 5.06 Å². The molecule has 1 atom stereocenters. The lowest BCUT2D eigenvalue weighted by Crippen LogP contribution is -2.31. The number of carbonyl (C=O) groups excluding carboxylic acids is 1. The van der Waals surface area contributed by atoms with Gasteiger partial charge in [-0.3, -0.25) is 9.63 Å². The van der Waals surface area contributed by atoms with Gasteiger partial charge in [-0.1, -0.05) is 0 Å². The Morgan fingerprint density at radius 2 is 2.23 bits per heavy atom. The van der Waals surface area contributed by atoms with Crippen LogP contribution in [0.1, 0.15) is 19.3 Å². The topological polar surface area (TPSA) is 29.5 Å². The Morgan fingerprint density at radius 3 is 2.62 bits per heavy atom. The zero-order chi connectivity index (χ0) is 10.1. The lowest BCUT2D eigenvalue weighted by atomic mass is 10.1. The average molecular weight is 193 g/mol. The van der Waals surface area contributed by atoms with Crippen molar-refractivity contribution in [3.63, 3.8) is 0 Å². The number of nitrogens with zero attached hydrogens (tertiary/aromatic N) is 1. The van der Waals surface area contributed by atoms with Crippen LogP contribution < -0.4 is 0 Å². The molecular weight excluding hydrogens is 180 g/mol. The van der Waals surface area contributed by atoms with Crippen molar-refractivity contribution < 1.29 is 18.4 Å². The highest BCUT2D eigenvalue weighted by atomic mass is 19.3. The van der Waals surface area contributed by atoms with Crippen molar-refractivity contribution in [3.05, 3.63) is 0 Å². The molecule has 1 aliphatic rings. The van der Waals surface area contributed by atoms with E-state index in [0.29, 0.717) is 0 Å². The van der Waals surface area contributed by atoms with Crippen molar-refractivity contribution in [1.29, 1.82) is 0 Å². The summed E-state index contributed by atoms with van der Waals surface area (Å²) in [6, 6.07) is 0. The molecule has 1 unspecified atom stereocenters.